The van der Waals surface area contributed by atoms with E-state index in [2.05, 4.69) is 91.0 Å². The molecule has 0 saturated carbocycles. The summed E-state index contributed by atoms with van der Waals surface area (Å²) in [4.78, 5) is 0. The topological polar surface area (TPSA) is 40.5 Å². The number of rotatable bonds is 9. The predicted octanol–water partition coefficient (Wildman–Crippen LogP) is 4.57. The molecule has 2 unspecified atom stereocenters. The van der Waals surface area contributed by atoms with Crippen molar-refractivity contribution in [2.45, 2.75) is 87.9 Å². The number of quaternary nitrogens is 3. The van der Waals surface area contributed by atoms with Crippen LogP contribution in [0.1, 0.15) is 69.7 Å². The van der Waals surface area contributed by atoms with E-state index >= 15 is 0 Å². The highest BCUT2D eigenvalue weighted by molar-refractivity contribution is 4.59. The van der Waals surface area contributed by atoms with Gasteiger partial charge >= 0.3 is 0 Å². The number of hydrogen-bond donors (Lipinski definition) is 2. The highest BCUT2D eigenvalue weighted by Gasteiger charge is 2.25. The first-order valence-electron chi connectivity index (χ1n) is 11.5. The van der Waals surface area contributed by atoms with Gasteiger partial charge in [-0.25, -0.2) is 0 Å². The minimum atomic E-state index is -0.167. The van der Waals surface area contributed by atoms with Crippen molar-refractivity contribution in [2.24, 2.45) is 11.8 Å². The molecule has 0 aliphatic heterocycles. The van der Waals surface area contributed by atoms with Crippen molar-refractivity contribution in [1.82, 2.24) is 0 Å². The van der Waals surface area contributed by atoms with Crippen molar-refractivity contribution >= 4 is 0 Å². The minimum Gasteiger partial charge on any atom is -0.390 e. The van der Waals surface area contributed by atoms with E-state index in [1.165, 1.54) is 13.0 Å². The van der Waals surface area contributed by atoms with Crippen LogP contribution >= 0.6 is 0 Å². The van der Waals surface area contributed by atoms with E-state index in [1.54, 1.807) is 0 Å². The standard InChI is InChI=1S/2C8H20NO.C8H20N.2CH4/c1-7(2)8(6-10)9(3,4)5;1-7(2)8(10)6-9(3,4)5;1-6-7-9(4,5)8(2)3;;/h2*7-8,10H,6H2,1-5H3;8H,6-7H2,1-5H3;2*1H4/q3*+1;;. The highest BCUT2D eigenvalue weighted by Crippen LogP contribution is 2.12. The lowest BCUT2D eigenvalue weighted by atomic mass is 10.0. The Kier molecular flexibility index (Phi) is 24.2. The van der Waals surface area contributed by atoms with Gasteiger partial charge in [-0.2, -0.15) is 0 Å². The van der Waals surface area contributed by atoms with Gasteiger partial charge in [-0.3, -0.25) is 0 Å². The number of aliphatic hydroxyl groups excluding tert-OH is 2. The van der Waals surface area contributed by atoms with Gasteiger partial charge < -0.3 is 23.7 Å². The minimum absolute atomic E-state index is 0. The van der Waals surface area contributed by atoms with Crippen LogP contribution in [0.15, 0.2) is 0 Å². The molecule has 0 aromatic carbocycles. The fourth-order valence-electron chi connectivity index (χ4n) is 2.96. The molecule has 0 heterocycles. The SMILES string of the molecule is C.C.CC(C)C(CO)[N+](C)(C)C.CC(C)C(O)C[N+](C)(C)C.CCC[N+](C)(C)C(C)C. The Morgan fingerprint density at radius 1 is 0.710 bits per heavy atom. The number of aliphatic hydroxyl groups is 2. The van der Waals surface area contributed by atoms with E-state index in [1.807, 2.05) is 13.8 Å². The molecule has 5 nitrogen and oxygen atoms in total. The highest BCUT2D eigenvalue weighted by atomic mass is 16.3. The molecule has 0 radical (unpaired) electrons. The average Bonchev–Trinajstić information content (AvgIpc) is 2.45. The van der Waals surface area contributed by atoms with Crippen LogP contribution in [-0.2, 0) is 0 Å². The fourth-order valence-corrected chi connectivity index (χ4v) is 2.96. The molecule has 196 valence electrons. The summed E-state index contributed by atoms with van der Waals surface area (Å²) in [5.74, 6) is 0.919. The van der Waals surface area contributed by atoms with Gasteiger partial charge in [-0.05, 0) is 26.2 Å². The third-order valence-corrected chi connectivity index (χ3v) is 5.65. The molecule has 0 aliphatic carbocycles. The molecule has 31 heavy (non-hydrogen) atoms. The summed E-state index contributed by atoms with van der Waals surface area (Å²) in [5.41, 5.74) is 0. The summed E-state index contributed by atoms with van der Waals surface area (Å²) >= 11 is 0. The van der Waals surface area contributed by atoms with E-state index in [4.69, 9.17) is 5.11 Å². The summed E-state index contributed by atoms with van der Waals surface area (Å²) < 4.78 is 2.82. The van der Waals surface area contributed by atoms with Crippen molar-refractivity contribution in [1.29, 1.82) is 0 Å². The van der Waals surface area contributed by atoms with Gasteiger partial charge in [0.1, 0.15) is 18.7 Å². The molecule has 0 aromatic heterocycles. The molecule has 0 rings (SSSR count). The molecule has 0 aliphatic rings. The van der Waals surface area contributed by atoms with Crippen LogP contribution in [0, 0.1) is 11.8 Å². The van der Waals surface area contributed by atoms with E-state index in [0.29, 0.717) is 17.9 Å². The van der Waals surface area contributed by atoms with Crippen molar-refractivity contribution < 1.29 is 23.7 Å². The Morgan fingerprint density at radius 3 is 1.16 bits per heavy atom. The quantitative estimate of drug-likeness (QED) is 0.501. The van der Waals surface area contributed by atoms with Crippen LogP contribution in [0.4, 0.5) is 0 Å². The summed E-state index contributed by atoms with van der Waals surface area (Å²) in [6.45, 7) is 17.6. The van der Waals surface area contributed by atoms with Crippen molar-refractivity contribution in [3.63, 3.8) is 0 Å². The van der Waals surface area contributed by atoms with Crippen LogP contribution in [0.2, 0.25) is 0 Å². The van der Waals surface area contributed by atoms with E-state index in [9.17, 15) is 5.11 Å². The molecule has 0 aromatic rings. The summed E-state index contributed by atoms with van der Waals surface area (Å²) in [6.07, 6.45) is 1.12. The second-order valence-corrected chi connectivity index (χ2v) is 12.0. The number of hydrogen-bond acceptors (Lipinski definition) is 2. The van der Waals surface area contributed by atoms with Crippen LogP contribution < -0.4 is 0 Å². The first kappa shape index (κ1) is 41.1. The largest absolute Gasteiger partial charge is 0.390 e. The molecular weight excluding hydrogens is 386 g/mol. The molecule has 2 atom stereocenters. The van der Waals surface area contributed by atoms with Gasteiger partial charge in [0.15, 0.2) is 0 Å². The molecule has 0 amide bonds. The molecule has 2 N–H and O–H groups in total. The van der Waals surface area contributed by atoms with E-state index in [0.717, 1.165) is 26.0 Å². The molecular formula is C26H68N3O2+3. The maximum Gasteiger partial charge on any atom is 0.114 e. The smallest absolute Gasteiger partial charge is 0.114 e. The number of nitrogens with zero attached hydrogens (tertiary/aromatic N) is 3. The van der Waals surface area contributed by atoms with Gasteiger partial charge in [0.25, 0.3) is 0 Å². The second kappa shape index (κ2) is 18.3. The van der Waals surface area contributed by atoms with Crippen molar-refractivity contribution in [2.75, 3.05) is 76.1 Å². The average molecular weight is 455 g/mol. The third-order valence-electron chi connectivity index (χ3n) is 5.65. The van der Waals surface area contributed by atoms with Crippen LogP contribution in [0.3, 0.4) is 0 Å². The van der Waals surface area contributed by atoms with Gasteiger partial charge in [0.2, 0.25) is 0 Å². The lowest BCUT2D eigenvalue weighted by Gasteiger charge is -2.35. The third kappa shape index (κ3) is 24.3. The number of likely N-dealkylation sites (N-methyl/N-ethyl adjacent to an activating group) is 2. The molecule has 0 saturated heterocycles. The summed E-state index contributed by atoms with van der Waals surface area (Å²) in [7, 11) is 17.2. The lowest BCUT2D eigenvalue weighted by Crippen LogP contribution is -2.50. The van der Waals surface area contributed by atoms with Gasteiger partial charge in [0, 0.05) is 5.92 Å². The Balaban J connectivity index is -0.000000106. The summed E-state index contributed by atoms with van der Waals surface area (Å²) in [5, 5.41) is 18.5. The Hall–Kier alpha value is -0.200. The molecule has 0 spiro atoms. The normalized spacial score (nSPS) is 13.9. The molecule has 5 heteroatoms. The zero-order valence-electron chi connectivity index (χ0n) is 23.0. The Morgan fingerprint density at radius 2 is 1.10 bits per heavy atom. The Labute approximate surface area is 199 Å². The lowest BCUT2D eigenvalue weighted by molar-refractivity contribution is -0.911. The van der Waals surface area contributed by atoms with Gasteiger partial charge in [-0.15, -0.1) is 0 Å². The van der Waals surface area contributed by atoms with Crippen LogP contribution in [0.5, 0.6) is 0 Å². The zero-order chi connectivity index (χ0) is 24.2. The monoisotopic (exact) mass is 455 g/mol. The fraction of sp³-hybridized carbons (Fsp3) is 1.00. The van der Waals surface area contributed by atoms with Crippen molar-refractivity contribution in [3.8, 4) is 0 Å². The van der Waals surface area contributed by atoms with E-state index < -0.39 is 0 Å². The van der Waals surface area contributed by atoms with Crippen molar-refractivity contribution in [3.05, 3.63) is 0 Å². The van der Waals surface area contributed by atoms with E-state index in [-0.39, 0.29) is 27.6 Å². The van der Waals surface area contributed by atoms with Gasteiger partial charge in [-0.1, -0.05) is 49.5 Å². The summed E-state index contributed by atoms with van der Waals surface area (Å²) in [6, 6.07) is 1.12. The zero-order valence-corrected chi connectivity index (χ0v) is 23.0. The predicted molar refractivity (Wildman–Crippen MR) is 143 cm³/mol. The van der Waals surface area contributed by atoms with Gasteiger partial charge in [0.05, 0.1) is 75.6 Å². The second-order valence-electron chi connectivity index (χ2n) is 12.0. The van der Waals surface area contributed by atoms with Crippen LogP contribution in [-0.4, -0.2) is 118 Å². The first-order valence-corrected chi connectivity index (χ1v) is 11.5. The maximum absolute atomic E-state index is 9.45. The first-order chi connectivity index (χ1) is 12.7. The maximum atomic E-state index is 9.45. The Bertz CT molecular complexity index is 381. The molecule has 0 fully saturated rings. The molecule has 0 bridgehead atoms. The van der Waals surface area contributed by atoms with Crippen LogP contribution in [0.25, 0.3) is 0 Å².